The Kier molecular flexibility index (Phi) is 5.15. The number of aryl methyl sites for hydroxylation is 3. The van der Waals surface area contributed by atoms with Crippen LogP contribution in [0.25, 0.3) is 16.5 Å². The lowest BCUT2D eigenvalue weighted by atomic mass is 10.0. The van der Waals surface area contributed by atoms with Crippen molar-refractivity contribution in [3.8, 4) is 5.69 Å². The molecule has 0 unspecified atom stereocenters. The third kappa shape index (κ3) is 3.55. The Morgan fingerprint density at radius 1 is 1.14 bits per heavy atom. The van der Waals surface area contributed by atoms with Crippen LogP contribution in [0.2, 0.25) is 0 Å². The van der Waals surface area contributed by atoms with Crippen molar-refractivity contribution < 1.29 is 9.50 Å². The fourth-order valence-corrected chi connectivity index (χ4v) is 4.72. The van der Waals surface area contributed by atoms with Gasteiger partial charge < -0.3 is 19.6 Å². The molecule has 1 aliphatic rings. The summed E-state index contributed by atoms with van der Waals surface area (Å²) in [5.74, 6) is 1.76. The normalized spacial score (nSPS) is 12.9. The molecule has 10 nitrogen and oxygen atoms in total. The number of nitrogens with zero attached hydrogens (tertiary/aromatic N) is 7. The lowest BCUT2D eigenvalue weighted by Gasteiger charge is -2.16. The molecule has 4 aromatic heterocycles. The second kappa shape index (κ2) is 8.38. The lowest BCUT2D eigenvalue weighted by molar-refractivity contribution is 0.278. The summed E-state index contributed by atoms with van der Waals surface area (Å²) in [5, 5.41) is 19.0. The maximum atomic E-state index is 15.4. The molecule has 11 heteroatoms. The predicted molar refractivity (Wildman–Crippen MR) is 131 cm³/mol. The summed E-state index contributed by atoms with van der Waals surface area (Å²) >= 11 is 0. The van der Waals surface area contributed by atoms with Gasteiger partial charge in [0.25, 0.3) is 5.56 Å². The number of pyridine rings is 1. The van der Waals surface area contributed by atoms with Gasteiger partial charge >= 0.3 is 0 Å². The van der Waals surface area contributed by atoms with Crippen molar-refractivity contribution in [2.45, 2.75) is 40.0 Å². The van der Waals surface area contributed by atoms with Crippen molar-refractivity contribution in [2.75, 3.05) is 5.32 Å². The van der Waals surface area contributed by atoms with Gasteiger partial charge in [0.05, 0.1) is 24.4 Å². The SMILES string of the molecule is Cc1c(F)c(-n2cnc(=O)c(CO)c2C)cc2cc(Nc3cc4n(n3)Cc3nccn3CC4)ncc12. The zero-order chi connectivity index (χ0) is 25.0. The van der Waals surface area contributed by atoms with E-state index in [9.17, 15) is 9.90 Å². The van der Waals surface area contributed by atoms with Crippen molar-refractivity contribution in [3.05, 3.63) is 87.6 Å². The second-order valence-electron chi connectivity index (χ2n) is 8.86. The first-order valence-electron chi connectivity index (χ1n) is 11.5. The van der Waals surface area contributed by atoms with Gasteiger partial charge in [0.2, 0.25) is 0 Å². The Bertz CT molecular complexity index is 1700. The number of anilines is 2. The lowest BCUT2D eigenvalue weighted by Crippen LogP contribution is -2.20. The number of benzene rings is 1. The topological polar surface area (TPSA) is 116 Å². The number of hydrogen-bond donors (Lipinski definition) is 2. The standard InChI is InChI=1S/C25H23FN8O2/c1-14-18-10-28-21(30-22-9-17-3-5-32-6-4-27-23(32)11-34(17)31-22)8-16(18)7-20(24(14)26)33-13-29-25(36)19(12-35)15(33)2/h4,6-10,13,35H,3,5,11-12H2,1-2H3,(H,28,30,31). The minimum atomic E-state index is -0.526. The Balaban J connectivity index is 1.37. The van der Waals surface area contributed by atoms with Gasteiger partial charge in [-0.2, -0.15) is 10.1 Å². The average molecular weight is 487 g/mol. The number of rotatable bonds is 4. The highest BCUT2D eigenvalue weighted by Crippen LogP contribution is 2.29. The zero-order valence-electron chi connectivity index (χ0n) is 19.7. The molecular formula is C25H23FN8O2. The Morgan fingerprint density at radius 2 is 2.00 bits per heavy atom. The highest BCUT2D eigenvalue weighted by Gasteiger charge is 2.18. The van der Waals surface area contributed by atoms with Crippen molar-refractivity contribution in [3.63, 3.8) is 0 Å². The summed E-state index contributed by atoms with van der Waals surface area (Å²) in [6, 6.07) is 5.53. The van der Waals surface area contributed by atoms with Gasteiger partial charge in [-0.25, -0.2) is 14.4 Å². The minimum Gasteiger partial charge on any atom is -0.391 e. The van der Waals surface area contributed by atoms with Gasteiger partial charge in [-0.3, -0.25) is 9.48 Å². The minimum absolute atomic E-state index is 0.133. The number of imidazole rings is 1. The molecule has 5 aromatic rings. The van der Waals surface area contributed by atoms with Crippen LogP contribution in [0.4, 0.5) is 16.0 Å². The fraction of sp³-hybridized carbons (Fsp3) is 0.240. The molecule has 0 spiro atoms. The molecule has 0 amide bonds. The number of hydrogen-bond acceptors (Lipinski definition) is 7. The van der Waals surface area contributed by atoms with Crippen molar-refractivity contribution in [1.29, 1.82) is 0 Å². The van der Waals surface area contributed by atoms with E-state index in [1.807, 2.05) is 23.0 Å². The van der Waals surface area contributed by atoms with Crippen molar-refractivity contribution in [2.24, 2.45) is 0 Å². The molecule has 0 fully saturated rings. The van der Waals surface area contributed by atoms with Crippen LogP contribution in [0.15, 0.2) is 47.9 Å². The summed E-state index contributed by atoms with van der Waals surface area (Å²) in [4.78, 5) is 24.7. The molecule has 0 aliphatic carbocycles. The zero-order valence-corrected chi connectivity index (χ0v) is 19.7. The molecule has 2 N–H and O–H groups in total. The molecule has 6 rings (SSSR count). The van der Waals surface area contributed by atoms with E-state index in [0.29, 0.717) is 34.8 Å². The summed E-state index contributed by atoms with van der Waals surface area (Å²) in [7, 11) is 0. The second-order valence-corrected chi connectivity index (χ2v) is 8.86. The van der Waals surface area contributed by atoms with E-state index in [-0.39, 0.29) is 11.3 Å². The highest BCUT2D eigenvalue weighted by molar-refractivity contribution is 5.89. The third-order valence-corrected chi connectivity index (χ3v) is 6.77. The van der Waals surface area contributed by atoms with Crippen LogP contribution in [-0.4, -0.2) is 39.0 Å². The largest absolute Gasteiger partial charge is 0.391 e. The first-order valence-corrected chi connectivity index (χ1v) is 11.5. The molecule has 182 valence electrons. The van der Waals surface area contributed by atoms with Crippen LogP contribution in [0.3, 0.4) is 0 Å². The maximum Gasteiger partial charge on any atom is 0.278 e. The smallest absolute Gasteiger partial charge is 0.278 e. The van der Waals surface area contributed by atoms with E-state index in [4.69, 9.17) is 0 Å². The maximum absolute atomic E-state index is 15.4. The van der Waals surface area contributed by atoms with Crippen LogP contribution in [0, 0.1) is 19.7 Å². The molecule has 0 saturated heterocycles. The van der Waals surface area contributed by atoms with Crippen LogP contribution in [-0.2, 0) is 26.1 Å². The van der Waals surface area contributed by atoms with Crippen molar-refractivity contribution >= 4 is 22.4 Å². The number of aliphatic hydroxyl groups excluding tert-OH is 1. The molecule has 1 aliphatic heterocycles. The molecule has 36 heavy (non-hydrogen) atoms. The van der Waals surface area contributed by atoms with Gasteiger partial charge in [0.15, 0.2) is 11.6 Å². The monoisotopic (exact) mass is 486 g/mol. The van der Waals surface area contributed by atoms with Gasteiger partial charge in [-0.05, 0) is 36.9 Å². The molecular weight excluding hydrogens is 463 g/mol. The Morgan fingerprint density at radius 3 is 2.83 bits per heavy atom. The van der Waals surface area contributed by atoms with Crippen LogP contribution < -0.4 is 10.9 Å². The molecule has 0 atom stereocenters. The summed E-state index contributed by atoms with van der Waals surface area (Å²) < 4.78 is 20.9. The number of halogens is 1. The van der Waals surface area contributed by atoms with Crippen LogP contribution in [0.5, 0.6) is 0 Å². The van der Waals surface area contributed by atoms with Gasteiger partial charge in [0, 0.05) is 54.4 Å². The fourth-order valence-electron chi connectivity index (χ4n) is 4.72. The van der Waals surface area contributed by atoms with E-state index in [1.165, 1.54) is 10.9 Å². The quantitative estimate of drug-likeness (QED) is 0.401. The average Bonchev–Trinajstić information content (AvgIpc) is 3.43. The highest BCUT2D eigenvalue weighted by atomic mass is 19.1. The summed E-state index contributed by atoms with van der Waals surface area (Å²) in [5.41, 5.74) is 1.80. The predicted octanol–water partition coefficient (Wildman–Crippen LogP) is 2.77. The number of aromatic nitrogens is 7. The summed E-state index contributed by atoms with van der Waals surface area (Å²) in [6.07, 6.45) is 7.54. The number of nitrogens with one attached hydrogen (secondary N) is 1. The molecule has 0 radical (unpaired) electrons. The first-order chi connectivity index (χ1) is 17.4. The van der Waals surface area contributed by atoms with E-state index < -0.39 is 18.0 Å². The molecule has 5 heterocycles. The Labute approximate surface area is 204 Å². The molecule has 0 saturated carbocycles. The van der Waals surface area contributed by atoms with Gasteiger partial charge in [-0.1, -0.05) is 0 Å². The molecule has 1 aromatic carbocycles. The number of aliphatic hydroxyl groups is 1. The summed E-state index contributed by atoms with van der Waals surface area (Å²) in [6.45, 7) is 4.31. The van der Waals surface area contributed by atoms with Crippen molar-refractivity contribution in [1.82, 2.24) is 33.9 Å². The first kappa shape index (κ1) is 22.1. The van der Waals surface area contributed by atoms with Gasteiger partial charge in [-0.15, -0.1) is 0 Å². The third-order valence-electron chi connectivity index (χ3n) is 6.77. The molecule has 0 bridgehead atoms. The van der Waals surface area contributed by atoms with E-state index in [0.717, 1.165) is 29.9 Å². The Hall–Kier alpha value is -4.38. The van der Waals surface area contributed by atoms with Gasteiger partial charge in [0.1, 0.15) is 18.0 Å². The van der Waals surface area contributed by atoms with E-state index in [1.54, 1.807) is 32.3 Å². The van der Waals surface area contributed by atoms with E-state index in [2.05, 4.69) is 29.9 Å². The van der Waals surface area contributed by atoms with Crippen LogP contribution in [0.1, 0.15) is 28.3 Å². The van der Waals surface area contributed by atoms with E-state index >= 15 is 4.39 Å². The number of fused-ring (bicyclic) bond motifs is 3. The van der Waals surface area contributed by atoms with Crippen LogP contribution >= 0.6 is 0 Å².